The molecule has 0 amide bonds. The zero-order chi connectivity index (χ0) is 13.0. The Bertz CT molecular complexity index is 473. The van der Waals surface area contributed by atoms with Gasteiger partial charge in [-0.1, -0.05) is 6.92 Å². The average Bonchev–Trinajstić information content (AvgIpc) is 2.87. The summed E-state index contributed by atoms with van der Waals surface area (Å²) in [5.74, 6) is 1.18. The van der Waals surface area contributed by atoms with Gasteiger partial charge in [-0.15, -0.1) is 17.5 Å². The summed E-state index contributed by atoms with van der Waals surface area (Å²) in [7, 11) is 1.83. The zero-order valence-electron chi connectivity index (χ0n) is 10.9. The number of hydrogen-bond acceptors (Lipinski definition) is 3. The largest absolute Gasteiger partial charge is 0.468 e. The van der Waals surface area contributed by atoms with Gasteiger partial charge in [0.05, 0.1) is 6.26 Å². The third-order valence-corrected chi connectivity index (χ3v) is 2.76. The van der Waals surface area contributed by atoms with Crippen molar-refractivity contribution in [3.05, 3.63) is 54.2 Å². The second-order valence-electron chi connectivity index (χ2n) is 4.03. The number of nitrogens with zero attached hydrogens (tertiary/aromatic N) is 1. The molecule has 1 unspecified atom stereocenters. The Morgan fingerprint density at radius 2 is 1.95 bits per heavy atom. The molecule has 0 radical (unpaired) electrons. The lowest BCUT2D eigenvalue weighted by molar-refractivity contribution is -0.0795. The van der Waals surface area contributed by atoms with Crippen molar-refractivity contribution in [2.75, 3.05) is 7.05 Å². The molecule has 0 aliphatic rings. The first kappa shape index (κ1) is 15.5. The molecule has 1 heterocycles. The van der Waals surface area contributed by atoms with Crippen molar-refractivity contribution in [1.82, 2.24) is 5.06 Å². The average molecular weight is 286 g/mol. The standard InChI is InChI=1S/C14H16FNO2.ClH/c1-3-13(14-5-4-10-17-14)16(2)18-12-8-6-11(15)7-9-12;/h4-10,13H,3H2,1-2H3;1H. The van der Waals surface area contributed by atoms with E-state index < -0.39 is 0 Å². The number of benzene rings is 1. The Balaban J connectivity index is 0.00000180. The minimum atomic E-state index is -0.275. The van der Waals surface area contributed by atoms with Gasteiger partial charge in [0, 0.05) is 7.05 Å². The van der Waals surface area contributed by atoms with E-state index in [1.807, 2.05) is 19.2 Å². The van der Waals surface area contributed by atoms with Crippen LogP contribution in [0.1, 0.15) is 25.1 Å². The number of furan rings is 1. The molecule has 1 atom stereocenters. The number of hydroxylamine groups is 2. The molecular weight excluding hydrogens is 269 g/mol. The van der Waals surface area contributed by atoms with Gasteiger partial charge in [-0.25, -0.2) is 4.39 Å². The smallest absolute Gasteiger partial charge is 0.147 e. The number of rotatable bonds is 5. The van der Waals surface area contributed by atoms with Gasteiger partial charge in [-0.05, 0) is 42.8 Å². The lowest BCUT2D eigenvalue weighted by Gasteiger charge is -2.25. The summed E-state index contributed by atoms with van der Waals surface area (Å²) in [5, 5.41) is 1.71. The van der Waals surface area contributed by atoms with Crippen LogP contribution in [0.2, 0.25) is 0 Å². The predicted molar refractivity (Wildman–Crippen MR) is 73.8 cm³/mol. The fourth-order valence-corrected chi connectivity index (χ4v) is 1.84. The van der Waals surface area contributed by atoms with E-state index in [1.165, 1.54) is 12.1 Å². The summed E-state index contributed by atoms with van der Waals surface area (Å²) >= 11 is 0. The van der Waals surface area contributed by atoms with Gasteiger partial charge in [0.1, 0.15) is 23.4 Å². The molecule has 5 heteroatoms. The maximum Gasteiger partial charge on any atom is 0.147 e. The summed E-state index contributed by atoms with van der Waals surface area (Å²) in [4.78, 5) is 5.65. The third-order valence-electron chi connectivity index (χ3n) is 2.76. The van der Waals surface area contributed by atoms with Crippen molar-refractivity contribution >= 4 is 12.4 Å². The van der Waals surface area contributed by atoms with Gasteiger partial charge >= 0.3 is 0 Å². The van der Waals surface area contributed by atoms with E-state index in [1.54, 1.807) is 23.5 Å². The number of hydrogen-bond donors (Lipinski definition) is 0. The number of halogens is 2. The third kappa shape index (κ3) is 3.98. The molecule has 19 heavy (non-hydrogen) atoms. The van der Waals surface area contributed by atoms with Crippen LogP contribution in [0.3, 0.4) is 0 Å². The van der Waals surface area contributed by atoms with Crippen LogP contribution in [0, 0.1) is 5.82 Å². The molecule has 1 aromatic carbocycles. The topological polar surface area (TPSA) is 25.6 Å². The van der Waals surface area contributed by atoms with Gasteiger partial charge in [0.25, 0.3) is 0 Å². The van der Waals surface area contributed by atoms with Crippen LogP contribution in [0.25, 0.3) is 0 Å². The first-order chi connectivity index (χ1) is 8.70. The van der Waals surface area contributed by atoms with E-state index in [-0.39, 0.29) is 24.3 Å². The summed E-state index contributed by atoms with van der Waals surface area (Å²) in [6.07, 6.45) is 2.49. The van der Waals surface area contributed by atoms with E-state index in [9.17, 15) is 4.39 Å². The molecule has 0 aliphatic carbocycles. The fraction of sp³-hybridized carbons (Fsp3) is 0.286. The maximum absolute atomic E-state index is 12.8. The Labute approximate surface area is 118 Å². The van der Waals surface area contributed by atoms with Crippen LogP contribution in [0.4, 0.5) is 4.39 Å². The minimum absolute atomic E-state index is 0. The van der Waals surface area contributed by atoms with Gasteiger partial charge < -0.3 is 9.25 Å². The summed E-state index contributed by atoms with van der Waals surface area (Å²) in [5.41, 5.74) is 0. The fourth-order valence-electron chi connectivity index (χ4n) is 1.84. The maximum atomic E-state index is 12.8. The highest BCUT2D eigenvalue weighted by atomic mass is 35.5. The molecule has 3 nitrogen and oxygen atoms in total. The molecular formula is C14H17ClFNO2. The van der Waals surface area contributed by atoms with Crippen LogP contribution in [0.5, 0.6) is 5.75 Å². The molecule has 104 valence electrons. The molecule has 0 bridgehead atoms. The van der Waals surface area contributed by atoms with Crippen molar-refractivity contribution in [2.45, 2.75) is 19.4 Å². The quantitative estimate of drug-likeness (QED) is 0.769. The monoisotopic (exact) mass is 285 g/mol. The van der Waals surface area contributed by atoms with Crippen molar-refractivity contribution < 1.29 is 13.6 Å². The van der Waals surface area contributed by atoms with E-state index in [0.29, 0.717) is 5.75 Å². The SMILES string of the molecule is CCC(c1ccco1)N(C)Oc1ccc(F)cc1.Cl. The molecule has 1 aromatic heterocycles. The first-order valence-corrected chi connectivity index (χ1v) is 5.90. The minimum Gasteiger partial charge on any atom is -0.468 e. The molecule has 0 aliphatic heterocycles. The lowest BCUT2D eigenvalue weighted by atomic mass is 10.2. The van der Waals surface area contributed by atoms with E-state index >= 15 is 0 Å². The van der Waals surface area contributed by atoms with Crippen molar-refractivity contribution in [2.24, 2.45) is 0 Å². The van der Waals surface area contributed by atoms with Crippen molar-refractivity contribution in [3.8, 4) is 5.75 Å². The molecule has 0 N–H and O–H groups in total. The van der Waals surface area contributed by atoms with E-state index in [4.69, 9.17) is 9.25 Å². The Morgan fingerprint density at radius 1 is 1.26 bits per heavy atom. The van der Waals surface area contributed by atoms with Gasteiger partial charge in [0.2, 0.25) is 0 Å². The highest BCUT2D eigenvalue weighted by Crippen LogP contribution is 2.24. The predicted octanol–water partition coefficient (Wildman–Crippen LogP) is 4.22. The Kier molecular flexibility index (Phi) is 5.86. The van der Waals surface area contributed by atoms with Gasteiger partial charge in [0.15, 0.2) is 0 Å². The highest BCUT2D eigenvalue weighted by Gasteiger charge is 2.19. The zero-order valence-corrected chi connectivity index (χ0v) is 11.7. The lowest BCUT2D eigenvalue weighted by Crippen LogP contribution is -2.27. The molecule has 2 aromatic rings. The molecule has 0 saturated carbocycles. The second kappa shape index (κ2) is 7.16. The van der Waals surface area contributed by atoms with Gasteiger partial charge in [-0.2, -0.15) is 0 Å². The summed E-state index contributed by atoms with van der Waals surface area (Å²) in [6, 6.07) is 9.74. The van der Waals surface area contributed by atoms with Crippen LogP contribution < -0.4 is 4.84 Å². The Morgan fingerprint density at radius 3 is 2.47 bits per heavy atom. The van der Waals surface area contributed by atoms with Gasteiger partial charge in [-0.3, -0.25) is 0 Å². The molecule has 0 spiro atoms. The normalized spacial score (nSPS) is 12.0. The van der Waals surface area contributed by atoms with E-state index in [0.717, 1.165) is 12.2 Å². The van der Waals surface area contributed by atoms with Crippen LogP contribution in [-0.4, -0.2) is 12.1 Å². The first-order valence-electron chi connectivity index (χ1n) is 5.90. The molecule has 0 saturated heterocycles. The highest BCUT2D eigenvalue weighted by molar-refractivity contribution is 5.85. The van der Waals surface area contributed by atoms with E-state index in [2.05, 4.69) is 6.92 Å². The van der Waals surface area contributed by atoms with Crippen LogP contribution in [0.15, 0.2) is 47.1 Å². The van der Waals surface area contributed by atoms with Crippen LogP contribution >= 0.6 is 12.4 Å². The van der Waals surface area contributed by atoms with Crippen molar-refractivity contribution in [3.63, 3.8) is 0 Å². The summed E-state index contributed by atoms with van der Waals surface area (Å²) < 4.78 is 18.2. The molecule has 2 rings (SSSR count). The Hall–Kier alpha value is -1.52. The molecule has 0 fully saturated rings. The van der Waals surface area contributed by atoms with Crippen LogP contribution in [-0.2, 0) is 0 Å². The second-order valence-corrected chi connectivity index (χ2v) is 4.03. The summed E-state index contributed by atoms with van der Waals surface area (Å²) in [6.45, 7) is 2.05. The van der Waals surface area contributed by atoms with Crippen molar-refractivity contribution in [1.29, 1.82) is 0 Å².